The minimum absolute atomic E-state index is 0.0141. The summed E-state index contributed by atoms with van der Waals surface area (Å²) in [6, 6.07) is 8.66. The molecular weight excluding hydrogens is 616 g/mol. The maximum atomic E-state index is 12.4. The van der Waals surface area contributed by atoms with E-state index in [-0.39, 0.29) is 36.0 Å². The Morgan fingerprint density at radius 1 is 0.804 bits per heavy atom. The molecule has 4 rings (SSSR count). The van der Waals surface area contributed by atoms with Crippen molar-refractivity contribution < 1.29 is 79.2 Å². The molecule has 2 heterocycles. The van der Waals surface area contributed by atoms with Crippen molar-refractivity contribution in [1.29, 1.82) is 0 Å². The topological polar surface area (TPSA) is 255 Å². The van der Waals surface area contributed by atoms with Crippen molar-refractivity contribution in [1.82, 2.24) is 0 Å². The van der Waals surface area contributed by atoms with E-state index < -0.39 is 80.6 Å². The first-order valence-corrected chi connectivity index (χ1v) is 14.3. The zero-order valence-electron chi connectivity index (χ0n) is 24.6. The number of aromatic hydroxyl groups is 2. The summed E-state index contributed by atoms with van der Waals surface area (Å²) in [5.41, 5.74) is 1.07. The monoisotopic (exact) mass is 654 g/mol. The van der Waals surface area contributed by atoms with Crippen molar-refractivity contribution in [2.45, 2.75) is 67.8 Å². The van der Waals surface area contributed by atoms with E-state index in [9.17, 15) is 50.8 Å². The molecule has 2 aliphatic rings. The lowest BCUT2D eigenvalue weighted by atomic mass is 9.99. The lowest BCUT2D eigenvalue weighted by Gasteiger charge is -2.39. The van der Waals surface area contributed by atoms with Crippen LogP contribution in [0.15, 0.2) is 42.5 Å². The molecule has 0 radical (unpaired) electrons. The number of methoxy groups -OCH3 is 1. The molecule has 0 spiro atoms. The van der Waals surface area contributed by atoms with Gasteiger partial charge < -0.3 is 74.4 Å². The minimum atomic E-state index is -1.66. The van der Waals surface area contributed by atoms with Crippen LogP contribution >= 0.6 is 0 Å². The van der Waals surface area contributed by atoms with Crippen LogP contribution in [0.5, 0.6) is 23.0 Å². The highest BCUT2D eigenvalue weighted by molar-refractivity contribution is 5.87. The van der Waals surface area contributed by atoms with Crippen LogP contribution in [0.2, 0.25) is 0 Å². The average Bonchev–Trinajstić information content (AvgIpc) is 3.05. The van der Waals surface area contributed by atoms with Gasteiger partial charge in [0.1, 0.15) is 55.4 Å². The normalized spacial score (nSPS) is 31.5. The zero-order chi connectivity index (χ0) is 33.5. The summed E-state index contributed by atoms with van der Waals surface area (Å²) in [6.45, 7) is -1.13. The molecule has 2 aromatic carbocycles. The van der Waals surface area contributed by atoms with Gasteiger partial charge in [0, 0.05) is 6.08 Å². The van der Waals surface area contributed by atoms with Gasteiger partial charge in [-0.1, -0.05) is 12.1 Å². The lowest BCUT2D eigenvalue weighted by Crippen LogP contribution is -2.60. The molecule has 2 fully saturated rings. The Balaban J connectivity index is 1.30. The fraction of sp³-hybridized carbons (Fsp3) is 0.500. The first kappa shape index (κ1) is 35.3. The molecule has 2 aliphatic heterocycles. The van der Waals surface area contributed by atoms with Crippen LogP contribution in [0, 0.1) is 0 Å². The Morgan fingerprint density at radius 2 is 1.48 bits per heavy atom. The second-order valence-electron chi connectivity index (χ2n) is 10.6. The van der Waals surface area contributed by atoms with E-state index >= 15 is 0 Å². The summed E-state index contributed by atoms with van der Waals surface area (Å²) in [4.78, 5) is 12.4. The van der Waals surface area contributed by atoms with E-state index in [4.69, 9.17) is 28.4 Å². The smallest absolute Gasteiger partial charge is 0.330 e. The largest absolute Gasteiger partial charge is 0.504 e. The third kappa shape index (κ3) is 8.42. The maximum Gasteiger partial charge on any atom is 0.330 e. The van der Waals surface area contributed by atoms with Gasteiger partial charge in [-0.3, -0.25) is 0 Å². The Bertz CT molecular complexity index is 1330. The maximum absolute atomic E-state index is 12.4. The third-order valence-corrected chi connectivity index (χ3v) is 7.46. The number of hydrogen-bond acceptors (Lipinski definition) is 16. The Hall–Kier alpha value is -3.55. The predicted octanol–water partition coefficient (Wildman–Crippen LogP) is -2.09. The van der Waals surface area contributed by atoms with Gasteiger partial charge in [0.2, 0.25) is 6.29 Å². The van der Waals surface area contributed by atoms with Crippen LogP contribution in [0.1, 0.15) is 11.1 Å². The summed E-state index contributed by atoms with van der Waals surface area (Å²) < 4.78 is 32.5. The van der Waals surface area contributed by atoms with Gasteiger partial charge in [0.25, 0.3) is 0 Å². The summed E-state index contributed by atoms with van der Waals surface area (Å²) in [6.07, 6.45) is -12.1. The summed E-state index contributed by atoms with van der Waals surface area (Å²) in [5, 5.41) is 89.5. The van der Waals surface area contributed by atoms with E-state index in [1.807, 2.05) is 0 Å². The molecule has 46 heavy (non-hydrogen) atoms. The molecule has 10 unspecified atom stereocenters. The molecule has 254 valence electrons. The van der Waals surface area contributed by atoms with Crippen LogP contribution in [0.3, 0.4) is 0 Å². The molecule has 10 atom stereocenters. The quantitative estimate of drug-likeness (QED) is 0.0675. The van der Waals surface area contributed by atoms with Crippen LogP contribution < -0.4 is 9.47 Å². The number of phenolic OH excluding ortho intramolecular Hbond substituents is 2. The third-order valence-electron chi connectivity index (χ3n) is 7.46. The number of esters is 1. The van der Waals surface area contributed by atoms with E-state index in [0.717, 1.165) is 6.08 Å². The second kappa shape index (κ2) is 15.8. The van der Waals surface area contributed by atoms with Gasteiger partial charge in [-0.15, -0.1) is 0 Å². The molecule has 2 saturated heterocycles. The average molecular weight is 655 g/mol. The number of hydrogen-bond donors (Lipinski definition) is 9. The van der Waals surface area contributed by atoms with Crippen LogP contribution in [-0.2, 0) is 30.2 Å². The van der Waals surface area contributed by atoms with Crippen LogP contribution in [0.25, 0.3) is 6.08 Å². The highest BCUT2D eigenvalue weighted by Gasteiger charge is 2.46. The highest BCUT2D eigenvalue weighted by atomic mass is 16.7. The van der Waals surface area contributed by atoms with Crippen molar-refractivity contribution in [2.75, 3.05) is 26.9 Å². The number of ether oxygens (including phenoxy) is 6. The van der Waals surface area contributed by atoms with E-state index in [0.29, 0.717) is 11.1 Å². The van der Waals surface area contributed by atoms with Crippen LogP contribution in [0.4, 0.5) is 0 Å². The Morgan fingerprint density at radius 3 is 2.15 bits per heavy atom. The van der Waals surface area contributed by atoms with E-state index in [2.05, 4.69) is 0 Å². The Kier molecular flexibility index (Phi) is 12.2. The molecule has 0 bridgehead atoms. The van der Waals surface area contributed by atoms with Gasteiger partial charge in [-0.2, -0.15) is 0 Å². The summed E-state index contributed by atoms with van der Waals surface area (Å²) in [5.74, 6) is -1.17. The highest BCUT2D eigenvalue weighted by Crippen LogP contribution is 2.32. The van der Waals surface area contributed by atoms with Crippen molar-refractivity contribution in [3.05, 3.63) is 53.6 Å². The molecule has 0 aliphatic carbocycles. The van der Waals surface area contributed by atoms with Crippen molar-refractivity contribution in [2.24, 2.45) is 0 Å². The van der Waals surface area contributed by atoms with Gasteiger partial charge in [-0.25, -0.2) is 4.79 Å². The first-order chi connectivity index (χ1) is 21.9. The number of aliphatic hydroxyl groups is 7. The summed E-state index contributed by atoms with van der Waals surface area (Å²) >= 11 is 0. The molecular formula is C30H38O16. The number of benzene rings is 2. The van der Waals surface area contributed by atoms with Gasteiger partial charge >= 0.3 is 5.97 Å². The molecule has 0 aromatic heterocycles. The molecule has 2 aromatic rings. The molecule has 9 N–H and O–H groups in total. The second-order valence-corrected chi connectivity index (χ2v) is 10.6. The van der Waals surface area contributed by atoms with Gasteiger partial charge in [0.15, 0.2) is 29.3 Å². The molecule has 0 amide bonds. The lowest BCUT2D eigenvalue weighted by molar-refractivity contribution is -0.301. The number of rotatable bonds is 12. The fourth-order valence-corrected chi connectivity index (χ4v) is 4.76. The van der Waals surface area contributed by atoms with E-state index in [1.165, 1.54) is 43.5 Å². The van der Waals surface area contributed by atoms with Gasteiger partial charge in [-0.05, 0) is 47.9 Å². The standard InChI is InChI=1S/C30H38O16/c1-41-19-11-14(3-6-18(19)44-30-28(40)25(37)23(35)20(12-31)45-30)4-7-22(34)43-13-21-24(36)26(38)27(39)29(46-21)42-9-8-15-2-5-16(32)17(33)10-15/h2-7,10-11,20-21,23-33,35-40H,8-9,12-13H2,1H3. The van der Waals surface area contributed by atoms with Crippen molar-refractivity contribution in [3.8, 4) is 23.0 Å². The first-order valence-electron chi connectivity index (χ1n) is 14.3. The number of carbonyl (C=O) groups is 1. The van der Waals surface area contributed by atoms with Crippen molar-refractivity contribution in [3.63, 3.8) is 0 Å². The minimum Gasteiger partial charge on any atom is -0.504 e. The van der Waals surface area contributed by atoms with Gasteiger partial charge in [0.05, 0.1) is 20.3 Å². The van der Waals surface area contributed by atoms with Crippen LogP contribution in [-0.4, -0.2) is 140 Å². The summed E-state index contributed by atoms with van der Waals surface area (Å²) in [7, 11) is 1.34. The van der Waals surface area contributed by atoms with Crippen molar-refractivity contribution >= 4 is 12.0 Å². The fourth-order valence-electron chi connectivity index (χ4n) is 4.76. The number of phenols is 2. The zero-order valence-corrected chi connectivity index (χ0v) is 24.6. The molecule has 16 nitrogen and oxygen atoms in total. The Labute approximate surface area is 262 Å². The predicted molar refractivity (Wildman–Crippen MR) is 153 cm³/mol. The van der Waals surface area contributed by atoms with E-state index in [1.54, 1.807) is 6.07 Å². The number of carbonyl (C=O) groups excluding carboxylic acids is 1. The molecule has 16 heteroatoms. The molecule has 0 saturated carbocycles. The number of aliphatic hydroxyl groups excluding tert-OH is 7. The SMILES string of the molecule is COc1cc(C=CC(=O)OCC2OC(OCCc3ccc(O)c(O)c3)C(O)C(O)C2O)ccc1OC1OC(CO)C(O)C(O)C1O.